The van der Waals surface area contributed by atoms with E-state index in [1.54, 1.807) is 0 Å². The lowest BCUT2D eigenvalue weighted by Crippen LogP contribution is -2.64. The van der Waals surface area contributed by atoms with Crippen LogP contribution in [-0.2, 0) is 14.2 Å². The molecule has 2 heterocycles. The van der Waals surface area contributed by atoms with Crippen LogP contribution in [0.1, 0.15) is 1.37 Å². The molecular formula is C13H24O11. The predicted octanol–water partition coefficient (Wildman–Crippen LogP) is -5.35. The van der Waals surface area contributed by atoms with E-state index in [-0.39, 0.29) is 0 Å². The third-order valence-corrected chi connectivity index (χ3v) is 4.13. The number of ether oxygens (including phenoxy) is 3. The largest absolute Gasteiger partial charge is 0.394 e. The second-order valence-corrected chi connectivity index (χ2v) is 5.70. The molecule has 0 unspecified atom stereocenters. The molecule has 2 aliphatic rings. The van der Waals surface area contributed by atoms with Crippen LogP contribution in [0.15, 0.2) is 0 Å². The molecular weight excluding hydrogens is 332 g/mol. The third kappa shape index (κ3) is 3.71. The summed E-state index contributed by atoms with van der Waals surface area (Å²) in [4.78, 5) is 0. The Hall–Kier alpha value is -0.440. The van der Waals surface area contributed by atoms with Crippen molar-refractivity contribution in [2.45, 2.75) is 61.2 Å². The molecule has 2 fully saturated rings. The molecule has 8 N–H and O–H groups in total. The Kier molecular flexibility index (Phi) is 6.34. The van der Waals surface area contributed by atoms with Crippen LogP contribution in [0.2, 0.25) is 0 Å². The molecule has 0 saturated carbocycles. The first-order valence-electron chi connectivity index (χ1n) is 7.91. The summed E-state index contributed by atoms with van der Waals surface area (Å²) in [6.45, 7) is -2.41. The fourth-order valence-electron chi connectivity index (χ4n) is 2.70. The SMILES string of the molecule is [2H][C@@]1(CO)O[C@H](CO)[C@@H](O[C@@H]2O[C@H](CO)[C@H](O)[C@H](O)[C@H]2O)[C@H](O)[C@H]1O. The Balaban J connectivity index is 2.17. The molecule has 0 aromatic heterocycles. The van der Waals surface area contributed by atoms with Crippen LogP contribution in [0.25, 0.3) is 0 Å². The fourth-order valence-corrected chi connectivity index (χ4v) is 2.70. The monoisotopic (exact) mass is 357 g/mol. The molecule has 10 atom stereocenters. The highest BCUT2D eigenvalue weighted by atomic mass is 16.7. The van der Waals surface area contributed by atoms with Crippen LogP contribution in [0.5, 0.6) is 0 Å². The molecule has 2 aliphatic heterocycles. The van der Waals surface area contributed by atoms with Crippen molar-refractivity contribution < 1.29 is 56.4 Å². The molecule has 2 rings (SSSR count). The van der Waals surface area contributed by atoms with Crippen molar-refractivity contribution in [1.82, 2.24) is 0 Å². The summed E-state index contributed by atoms with van der Waals surface area (Å²) in [5, 5.41) is 77.2. The third-order valence-electron chi connectivity index (χ3n) is 4.13. The van der Waals surface area contributed by atoms with Gasteiger partial charge in [-0.3, -0.25) is 0 Å². The Morgan fingerprint density at radius 3 is 1.88 bits per heavy atom. The zero-order valence-electron chi connectivity index (χ0n) is 13.6. The molecule has 0 radical (unpaired) electrons. The van der Waals surface area contributed by atoms with E-state index in [1.807, 2.05) is 0 Å². The van der Waals surface area contributed by atoms with Crippen LogP contribution in [-0.4, -0.2) is 122 Å². The normalized spacial score (nSPS) is 53.7. The van der Waals surface area contributed by atoms with Gasteiger partial charge in [0.25, 0.3) is 0 Å². The average Bonchev–Trinajstić information content (AvgIpc) is 2.61. The Bertz CT molecular complexity index is 438. The van der Waals surface area contributed by atoms with Gasteiger partial charge in [-0.1, -0.05) is 0 Å². The molecule has 0 amide bonds. The number of aliphatic hydroxyl groups excluding tert-OH is 8. The molecule has 0 bridgehead atoms. The number of aliphatic hydroxyl groups is 8. The zero-order chi connectivity index (χ0) is 18.9. The molecule has 0 aliphatic carbocycles. The summed E-state index contributed by atoms with van der Waals surface area (Å²) in [7, 11) is 0. The summed E-state index contributed by atoms with van der Waals surface area (Å²) in [6, 6.07) is 0. The van der Waals surface area contributed by atoms with E-state index in [0.717, 1.165) is 0 Å². The maximum atomic E-state index is 10.2. The van der Waals surface area contributed by atoms with Crippen LogP contribution in [0.4, 0.5) is 0 Å². The van der Waals surface area contributed by atoms with Gasteiger partial charge in [0.05, 0.1) is 21.2 Å². The van der Waals surface area contributed by atoms with Gasteiger partial charge in [0.1, 0.15) is 54.9 Å². The highest BCUT2D eigenvalue weighted by Gasteiger charge is 2.50. The summed E-state index contributed by atoms with van der Waals surface area (Å²) < 4.78 is 23.3. The molecule has 24 heavy (non-hydrogen) atoms. The highest BCUT2D eigenvalue weighted by molar-refractivity contribution is 4.95. The minimum atomic E-state index is -2.29. The van der Waals surface area contributed by atoms with Gasteiger partial charge in [0, 0.05) is 0 Å². The van der Waals surface area contributed by atoms with E-state index in [1.165, 1.54) is 0 Å². The van der Waals surface area contributed by atoms with E-state index in [9.17, 15) is 35.7 Å². The Labute approximate surface area is 138 Å². The topological polar surface area (TPSA) is 190 Å². The number of hydrogen-bond donors (Lipinski definition) is 8. The second kappa shape index (κ2) is 8.29. The van der Waals surface area contributed by atoms with Gasteiger partial charge >= 0.3 is 0 Å². The lowest BCUT2D eigenvalue weighted by molar-refractivity contribution is -0.343. The molecule has 0 aromatic carbocycles. The van der Waals surface area contributed by atoms with Gasteiger partial charge in [-0.2, -0.15) is 0 Å². The minimum absolute atomic E-state index is 0.694. The Morgan fingerprint density at radius 2 is 1.33 bits per heavy atom. The first-order chi connectivity index (χ1) is 11.7. The predicted molar refractivity (Wildman–Crippen MR) is 73.5 cm³/mol. The van der Waals surface area contributed by atoms with Gasteiger partial charge in [-0.05, 0) is 0 Å². The van der Waals surface area contributed by atoms with E-state index >= 15 is 0 Å². The van der Waals surface area contributed by atoms with Crippen molar-refractivity contribution in [3.63, 3.8) is 0 Å². The van der Waals surface area contributed by atoms with Crippen molar-refractivity contribution >= 4 is 0 Å². The van der Waals surface area contributed by atoms with Crippen molar-refractivity contribution in [3.05, 3.63) is 0 Å². The first-order valence-corrected chi connectivity index (χ1v) is 7.41. The van der Waals surface area contributed by atoms with Crippen molar-refractivity contribution in [1.29, 1.82) is 0 Å². The van der Waals surface area contributed by atoms with Crippen molar-refractivity contribution in [2.75, 3.05) is 19.8 Å². The smallest absolute Gasteiger partial charge is 0.187 e. The van der Waals surface area contributed by atoms with Crippen LogP contribution in [0, 0.1) is 0 Å². The van der Waals surface area contributed by atoms with Gasteiger partial charge in [0.15, 0.2) is 6.29 Å². The standard InChI is InChI=1S/C13H24O11/c14-1-4-8(18)10(20)12(6(3-16)22-4)24-13-11(21)9(19)7(17)5(2-15)23-13/h4-21H,1-3H2/t4-,5+,6+,7-,8-,9-,10+,11+,12+,13-/m0/s1/i4D. The van der Waals surface area contributed by atoms with Gasteiger partial charge < -0.3 is 55.1 Å². The Morgan fingerprint density at radius 1 is 0.708 bits per heavy atom. The number of hydrogen-bond acceptors (Lipinski definition) is 11. The van der Waals surface area contributed by atoms with Gasteiger partial charge in [-0.25, -0.2) is 0 Å². The summed E-state index contributed by atoms with van der Waals surface area (Å²) >= 11 is 0. The lowest BCUT2D eigenvalue weighted by atomic mass is 9.94. The van der Waals surface area contributed by atoms with Crippen molar-refractivity contribution in [2.24, 2.45) is 0 Å². The highest BCUT2D eigenvalue weighted by Crippen LogP contribution is 2.28. The van der Waals surface area contributed by atoms with E-state index in [2.05, 4.69) is 0 Å². The molecule has 0 spiro atoms. The van der Waals surface area contributed by atoms with Gasteiger partial charge in [0.2, 0.25) is 0 Å². The first kappa shape index (κ1) is 18.4. The van der Waals surface area contributed by atoms with Crippen LogP contribution in [0.3, 0.4) is 0 Å². The van der Waals surface area contributed by atoms with Crippen LogP contribution >= 0.6 is 0 Å². The fraction of sp³-hybridized carbons (Fsp3) is 1.00. The van der Waals surface area contributed by atoms with E-state index in [4.69, 9.17) is 20.7 Å². The van der Waals surface area contributed by atoms with Gasteiger partial charge in [-0.15, -0.1) is 0 Å². The minimum Gasteiger partial charge on any atom is -0.394 e. The van der Waals surface area contributed by atoms with Crippen LogP contribution < -0.4 is 0 Å². The van der Waals surface area contributed by atoms with E-state index in [0.29, 0.717) is 0 Å². The van der Waals surface area contributed by atoms with E-state index < -0.39 is 81.0 Å². The maximum absolute atomic E-state index is 10.2. The summed E-state index contributed by atoms with van der Waals surface area (Å²) in [5.74, 6) is 0. The molecule has 11 nitrogen and oxygen atoms in total. The quantitative estimate of drug-likeness (QED) is 0.234. The summed E-state index contributed by atoms with van der Waals surface area (Å²) in [6.07, 6.45) is -16.8. The van der Waals surface area contributed by atoms with Crippen molar-refractivity contribution in [3.8, 4) is 0 Å². The number of rotatable bonds is 5. The molecule has 0 aromatic rings. The summed E-state index contributed by atoms with van der Waals surface area (Å²) in [5.41, 5.74) is 0. The molecule has 11 heteroatoms. The maximum Gasteiger partial charge on any atom is 0.187 e. The average molecular weight is 357 g/mol. The molecule has 142 valence electrons. The zero-order valence-corrected chi connectivity index (χ0v) is 12.6. The molecule has 2 saturated heterocycles. The second-order valence-electron chi connectivity index (χ2n) is 5.70. The lowest BCUT2D eigenvalue weighted by Gasteiger charge is -2.45.